The van der Waals surface area contributed by atoms with Gasteiger partial charge in [0.15, 0.2) is 6.29 Å². The van der Waals surface area contributed by atoms with Crippen molar-refractivity contribution < 1.29 is 9.53 Å². The highest BCUT2D eigenvalue weighted by molar-refractivity contribution is 5.86. The lowest BCUT2D eigenvalue weighted by Crippen LogP contribution is -2.04. The van der Waals surface area contributed by atoms with E-state index in [-0.39, 0.29) is 0 Å². The normalized spacial score (nSPS) is 10.9. The fourth-order valence-corrected chi connectivity index (χ4v) is 2.65. The van der Waals surface area contributed by atoms with Crippen LogP contribution in [0.2, 0.25) is 0 Å². The number of para-hydroxylation sites is 1. The summed E-state index contributed by atoms with van der Waals surface area (Å²) in [5, 5.41) is 4.63. The van der Waals surface area contributed by atoms with E-state index in [4.69, 9.17) is 4.74 Å². The summed E-state index contributed by atoms with van der Waals surface area (Å²) < 4.78 is 7.51. The third-order valence-corrected chi connectivity index (χ3v) is 3.93. The summed E-state index contributed by atoms with van der Waals surface area (Å²) in [6.45, 7) is 6.93. The van der Waals surface area contributed by atoms with E-state index >= 15 is 0 Å². The largest absolute Gasteiger partial charge is 0.493 e. The van der Waals surface area contributed by atoms with Gasteiger partial charge in [-0.15, -0.1) is 0 Å². The number of nitrogens with zero attached hydrogens (tertiary/aromatic N) is 2. The number of carbonyl (C=O) groups is 1. The zero-order chi connectivity index (χ0) is 17.8. The molecule has 3 aromatic rings. The number of rotatable bonds is 6. The Morgan fingerprint density at radius 1 is 1.16 bits per heavy atom. The van der Waals surface area contributed by atoms with Crippen LogP contribution in [0.4, 0.5) is 0 Å². The minimum absolute atomic E-state index is 0.475. The SMILES string of the molecule is Cc1cc(OCC(C)C)ccc1-c1nn(-c2ccccc2)cc1C=O. The van der Waals surface area contributed by atoms with Crippen molar-refractivity contribution in [2.24, 2.45) is 5.92 Å². The first-order valence-electron chi connectivity index (χ1n) is 8.42. The second kappa shape index (κ2) is 7.34. The lowest BCUT2D eigenvalue weighted by atomic mass is 10.0. The molecule has 128 valence electrons. The van der Waals surface area contributed by atoms with Gasteiger partial charge in [-0.05, 0) is 48.7 Å². The van der Waals surface area contributed by atoms with Crippen molar-refractivity contribution in [3.05, 3.63) is 65.9 Å². The number of aryl methyl sites for hydroxylation is 1. The highest BCUT2D eigenvalue weighted by atomic mass is 16.5. The maximum absolute atomic E-state index is 11.5. The number of aromatic nitrogens is 2. The van der Waals surface area contributed by atoms with Crippen molar-refractivity contribution in [3.63, 3.8) is 0 Å². The maximum Gasteiger partial charge on any atom is 0.153 e. The fraction of sp³-hybridized carbons (Fsp3) is 0.238. The van der Waals surface area contributed by atoms with Gasteiger partial charge in [-0.2, -0.15) is 5.10 Å². The van der Waals surface area contributed by atoms with Crippen LogP contribution in [0, 0.1) is 12.8 Å². The van der Waals surface area contributed by atoms with Gasteiger partial charge < -0.3 is 4.74 Å². The molecular weight excluding hydrogens is 312 g/mol. The van der Waals surface area contributed by atoms with Gasteiger partial charge in [-0.25, -0.2) is 4.68 Å². The number of ether oxygens (including phenoxy) is 1. The predicted octanol–water partition coefficient (Wildman–Crippen LogP) is 4.70. The smallest absolute Gasteiger partial charge is 0.153 e. The third-order valence-electron chi connectivity index (χ3n) is 3.93. The minimum Gasteiger partial charge on any atom is -0.493 e. The molecule has 3 rings (SSSR count). The minimum atomic E-state index is 0.475. The van der Waals surface area contributed by atoms with Gasteiger partial charge >= 0.3 is 0 Å². The summed E-state index contributed by atoms with van der Waals surface area (Å²) >= 11 is 0. The van der Waals surface area contributed by atoms with E-state index in [0.29, 0.717) is 23.8 Å². The number of carbonyl (C=O) groups excluding carboxylic acids is 1. The van der Waals surface area contributed by atoms with Gasteiger partial charge in [0.05, 0.1) is 17.9 Å². The second-order valence-electron chi connectivity index (χ2n) is 6.51. The van der Waals surface area contributed by atoms with Crippen molar-refractivity contribution in [1.82, 2.24) is 9.78 Å². The van der Waals surface area contributed by atoms with Crippen molar-refractivity contribution in [2.75, 3.05) is 6.61 Å². The monoisotopic (exact) mass is 334 g/mol. The van der Waals surface area contributed by atoms with Crippen LogP contribution in [0.1, 0.15) is 29.8 Å². The highest BCUT2D eigenvalue weighted by Crippen LogP contribution is 2.28. The third kappa shape index (κ3) is 3.79. The standard InChI is InChI=1S/C21H22N2O2/c1-15(2)14-25-19-9-10-20(16(3)11-19)21-17(13-24)12-23(22-21)18-7-5-4-6-8-18/h4-13,15H,14H2,1-3H3. The Labute approximate surface area is 148 Å². The molecule has 0 fully saturated rings. The lowest BCUT2D eigenvalue weighted by Gasteiger charge is -2.11. The zero-order valence-electron chi connectivity index (χ0n) is 14.8. The summed E-state index contributed by atoms with van der Waals surface area (Å²) in [5.74, 6) is 1.31. The molecule has 0 unspecified atom stereocenters. The topological polar surface area (TPSA) is 44.1 Å². The van der Waals surface area contributed by atoms with E-state index in [1.165, 1.54) is 0 Å². The van der Waals surface area contributed by atoms with Gasteiger partial charge in [0.2, 0.25) is 0 Å². The van der Waals surface area contributed by atoms with Crippen LogP contribution in [-0.2, 0) is 0 Å². The molecule has 0 saturated heterocycles. The second-order valence-corrected chi connectivity index (χ2v) is 6.51. The van der Waals surface area contributed by atoms with Gasteiger partial charge in [0.25, 0.3) is 0 Å². The van der Waals surface area contributed by atoms with Gasteiger partial charge in [-0.3, -0.25) is 4.79 Å². The summed E-state index contributed by atoms with van der Waals surface area (Å²) in [7, 11) is 0. The molecule has 0 aliphatic rings. The Balaban J connectivity index is 1.96. The van der Waals surface area contributed by atoms with Crippen molar-refractivity contribution in [2.45, 2.75) is 20.8 Å². The van der Waals surface area contributed by atoms with Crippen LogP contribution >= 0.6 is 0 Å². The zero-order valence-corrected chi connectivity index (χ0v) is 14.8. The number of hydrogen-bond acceptors (Lipinski definition) is 3. The van der Waals surface area contributed by atoms with E-state index in [0.717, 1.165) is 28.8 Å². The Morgan fingerprint density at radius 2 is 1.92 bits per heavy atom. The highest BCUT2D eigenvalue weighted by Gasteiger charge is 2.14. The molecule has 0 bridgehead atoms. The summed E-state index contributed by atoms with van der Waals surface area (Å²) in [4.78, 5) is 11.5. The van der Waals surface area contributed by atoms with Crippen molar-refractivity contribution in [1.29, 1.82) is 0 Å². The summed E-state index contributed by atoms with van der Waals surface area (Å²) in [6, 6.07) is 15.7. The van der Waals surface area contributed by atoms with Crippen LogP contribution in [-0.4, -0.2) is 22.7 Å². The van der Waals surface area contributed by atoms with Gasteiger partial charge in [0.1, 0.15) is 11.4 Å². The molecule has 0 saturated carbocycles. The lowest BCUT2D eigenvalue weighted by molar-refractivity contribution is 0.112. The molecule has 1 heterocycles. The number of aldehydes is 1. The molecule has 4 nitrogen and oxygen atoms in total. The first-order valence-corrected chi connectivity index (χ1v) is 8.42. The van der Waals surface area contributed by atoms with E-state index in [2.05, 4.69) is 18.9 Å². The molecule has 0 aliphatic heterocycles. The molecule has 0 aliphatic carbocycles. The summed E-state index contributed by atoms with van der Waals surface area (Å²) in [5.41, 5.74) is 4.15. The molecule has 25 heavy (non-hydrogen) atoms. The van der Waals surface area contributed by atoms with Crippen LogP contribution in [0.25, 0.3) is 16.9 Å². The molecule has 0 spiro atoms. The Bertz CT molecular complexity index is 867. The van der Waals surface area contributed by atoms with Crippen molar-refractivity contribution in [3.8, 4) is 22.7 Å². The van der Waals surface area contributed by atoms with Crippen LogP contribution in [0.3, 0.4) is 0 Å². The Hall–Kier alpha value is -2.88. The quantitative estimate of drug-likeness (QED) is 0.614. The van der Waals surface area contributed by atoms with E-state index in [9.17, 15) is 4.79 Å². The predicted molar refractivity (Wildman–Crippen MR) is 99.5 cm³/mol. The van der Waals surface area contributed by atoms with Crippen molar-refractivity contribution >= 4 is 6.29 Å². The maximum atomic E-state index is 11.5. The molecule has 4 heteroatoms. The molecule has 2 aromatic carbocycles. The molecule has 0 atom stereocenters. The molecule has 0 radical (unpaired) electrons. The Kier molecular flexibility index (Phi) is 4.98. The molecule has 0 amide bonds. The average molecular weight is 334 g/mol. The first kappa shape index (κ1) is 17.0. The molecular formula is C21H22N2O2. The van der Waals surface area contributed by atoms with E-state index in [1.54, 1.807) is 10.9 Å². The van der Waals surface area contributed by atoms with E-state index < -0.39 is 0 Å². The molecule has 0 N–H and O–H groups in total. The fourth-order valence-electron chi connectivity index (χ4n) is 2.65. The van der Waals surface area contributed by atoms with Gasteiger partial charge in [0, 0.05) is 11.8 Å². The summed E-state index contributed by atoms with van der Waals surface area (Å²) in [6.07, 6.45) is 2.62. The average Bonchev–Trinajstić information content (AvgIpc) is 3.05. The number of benzene rings is 2. The van der Waals surface area contributed by atoms with E-state index in [1.807, 2.05) is 55.5 Å². The van der Waals surface area contributed by atoms with Crippen LogP contribution in [0.5, 0.6) is 5.75 Å². The van der Waals surface area contributed by atoms with Crippen LogP contribution < -0.4 is 4.74 Å². The Morgan fingerprint density at radius 3 is 2.56 bits per heavy atom. The van der Waals surface area contributed by atoms with Crippen LogP contribution in [0.15, 0.2) is 54.7 Å². The van der Waals surface area contributed by atoms with Gasteiger partial charge in [-0.1, -0.05) is 32.0 Å². The number of hydrogen-bond donors (Lipinski definition) is 0. The first-order chi connectivity index (χ1) is 12.1. The molecule has 1 aromatic heterocycles.